The van der Waals surface area contributed by atoms with Crippen LogP contribution in [0.5, 0.6) is 0 Å². The fourth-order valence-corrected chi connectivity index (χ4v) is 3.86. The van der Waals surface area contributed by atoms with Gasteiger partial charge in [-0.2, -0.15) is 13.2 Å². The molecule has 0 unspecified atom stereocenters. The van der Waals surface area contributed by atoms with Crippen molar-refractivity contribution in [1.82, 2.24) is 4.90 Å². The second kappa shape index (κ2) is 5.90. The molecule has 0 bridgehead atoms. The van der Waals surface area contributed by atoms with Crippen molar-refractivity contribution in [2.24, 2.45) is 0 Å². The smallest absolute Gasteiger partial charge is 0.371 e. The number of ether oxygens (including phenoxy) is 1. The third kappa shape index (κ3) is 2.82. The monoisotopic (exact) mass is 333 g/mol. The summed E-state index contributed by atoms with van der Waals surface area (Å²) in [6.07, 6.45) is -4.35. The normalized spacial score (nSPS) is 23.8. The van der Waals surface area contributed by atoms with E-state index in [4.69, 9.17) is 4.74 Å². The number of hydrogen-bond acceptors (Lipinski definition) is 2. The molecule has 1 saturated heterocycles. The van der Waals surface area contributed by atoms with E-state index in [1.165, 1.54) is 11.6 Å². The number of hydrogen-bond donors (Lipinski definition) is 0. The lowest BCUT2D eigenvalue weighted by atomic mass is 9.87. The van der Waals surface area contributed by atoms with Gasteiger partial charge in [-0.15, -0.1) is 0 Å². The number of benzene rings is 2. The first-order valence-corrected chi connectivity index (χ1v) is 8.09. The number of rotatable bonds is 2. The van der Waals surface area contributed by atoms with Crippen molar-refractivity contribution in [2.75, 3.05) is 13.1 Å². The molecular formula is C19H18F3NO. The van der Waals surface area contributed by atoms with Crippen molar-refractivity contribution < 1.29 is 17.9 Å². The zero-order chi connectivity index (χ0) is 16.7. The van der Waals surface area contributed by atoms with E-state index in [9.17, 15) is 13.2 Å². The summed E-state index contributed by atoms with van der Waals surface area (Å²) in [6.45, 7) is 2.33. The van der Waals surface area contributed by atoms with Crippen LogP contribution in [-0.4, -0.2) is 24.1 Å². The highest BCUT2D eigenvalue weighted by Gasteiger charge is 2.42. The minimum absolute atomic E-state index is 0.0137. The van der Waals surface area contributed by atoms with E-state index in [1.54, 1.807) is 0 Å². The highest BCUT2D eigenvalue weighted by Crippen LogP contribution is 2.42. The topological polar surface area (TPSA) is 12.5 Å². The molecule has 24 heavy (non-hydrogen) atoms. The van der Waals surface area contributed by atoms with E-state index in [1.807, 2.05) is 24.3 Å². The molecule has 2 atom stereocenters. The Balaban J connectivity index is 1.59. The van der Waals surface area contributed by atoms with Crippen molar-refractivity contribution >= 4 is 0 Å². The maximum atomic E-state index is 13.2. The Hall–Kier alpha value is -1.85. The molecule has 5 heteroatoms. The summed E-state index contributed by atoms with van der Waals surface area (Å²) in [5.41, 5.74) is 1.77. The molecule has 2 aromatic carbocycles. The van der Waals surface area contributed by atoms with E-state index in [-0.39, 0.29) is 18.6 Å². The summed E-state index contributed by atoms with van der Waals surface area (Å²) < 4.78 is 45.4. The molecule has 2 aliphatic heterocycles. The Morgan fingerprint density at radius 2 is 1.79 bits per heavy atom. The van der Waals surface area contributed by atoms with Gasteiger partial charge in [0.1, 0.15) is 0 Å². The standard InChI is InChI=1S/C19H18F3NO/c20-19(21,22)17-8-4-7-14-15-10-23(9-13-5-2-1-3-6-13)11-18(15)24-12-16(14)17/h1-8,15,18H,9-12H2/t15-,18-/m1/s1. The summed E-state index contributed by atoms with van der Waals surface area (Å²) in [6, 6.07) is 14.6. The molecule has 0 radical (unpaired) electrons. The quantitative estimate of drug-likeness (QED) is 0.816. The van der Waals surface area contributed by atoms with E-state index in [0.29, 0.717) is 5.56 Å². The van der Waals surface area contributed by atoms with Gasteiger partial charge in [-0.05, 0) is 22.8 Å². The van der Waals surface area contributed by atoms with E-state index in [2.05, 4.69) is 17.0 Å². The van der Waals surface area contributed by atoms with E-state index < -0.39 is 11.7 Å². The fraction of sp³-hybridized carbons (Fsp3) is 0.368. The van der Waals surface area contributed by atoms with Crippen LogP contribution in [0.15, 0.2) is 48.5 Å². The first-order valence-electron chi connectivity index (χ1n) is 8.09. The summed E-state index contributed by atoms with van der Waals surface area (Å²) >= 11 is 0. The van der Waals surface area contributed by atoms with Crippen LogP contribution in [0.4, 0.5) is 13.2 Å². The predicted octanol–water partition coefficient (Wildman–Crippen LogP) is 4.20. The number of nitrogens with zero attached hydrogens (tertiary/aromatic N) is 1. The maximum Gasteiger partial charge on any atom is 0.416 e. The van der Waals surface area contributed by atoms with Gasteiger partial charge >= 0.3 is 6.18 Å². The van der Waals surface area contributed by atoms with Crippen molar-refractivity contribution in [1.29, 1.82) is 0 Å². The van der Waals surface area contributed by atoms with Crippen molar-refractivity contribution in [3.63, 3.8) is 0 Å². The van der Waals surface area contributed by atoms with Crippen molar-refractivity contribution in [2.45, 2.75) is 31.3 Å². The Kier molecular flexibility index (Phi) is 3.85. The van der Waals surface area contributed by atoms with Crippen LogP contribution in [0.3, 0.4) is 0 Å². The molecule has 2 aliphatic rings. The van der Waals surface area contributed by atoms with Gasteiger partial charge in [0.25, 0.3) is 0 Å². The van der Waals surface area contributed by atoms with Crippen molar-refractivity contribution in [3.05, 3.63) is 70.8 Å². The first kappa shape index (κ1) is 15.7. The van der Waals surface area contributed by atoms with Gasteiger partial charge in [-0.25, -0.2) is 0 Å². The lowest BCUT2D eigenvalue weighted by molar-refractivity contribution is -0.139. The van der Waals surface area contributed by atoms with Gasteiger partial charge in [0, 0.05) is 25.6 Å². The second-order valence-corrected chi connectivity index (χ2v) is 6.51. The molecule has 2 heterocycles. The molecular weight excluding hydrogens is 315 g/mol. The predicted molar refractivity (Wildman–Crippen MR) is 84.5 cm³/mol. The molecule has 0 saturated carbocycles. The lowest BCUT2D eigenvalue weighted by Gasteiger charge is -2.29. The molecule has 2 nitrogen and oxygen atoms in total. The van der Waals surface area contributed by atoms with Gasteiger partial charge in [0.05, 0.1) is 18.3 Å². The van der Waals surface area contributed by atoms with Gasteiger partial charge < -0.3 is 4.74 Å². The molecule has 4 rings (SSSR count). The van der Waals surface area contributed by atoms with Crippen LogP contribution in [0.2, 0.25) is 0 Å². The van der Waals surface area contributed by atoms with Gasteiger partial charge in [-0.1, -0.05) is 42.5 Å². The van der Waals surface area contributed by atoms with Crippen LogP contribution >= 0.6 is 0 Å². The zero-order valence-corrected chi connectivity index (χ0v) is 13.1. The zero-order valence-electron chi connectivity index (χ0n) is 13.1. The average Bonchev–Trinajstić information content (AvgIpc) is 2.97. The third-order valence-electron chi connectivity index (χ3n) is 4.95. The average molecular weight is 333 g/mol. The van der Waals surface area contributed by atoms with Crippen LogP contribution in [0, 0.1) is 0 Å². The molecule has 0 aromatic heterocycles. The summed E-state index contributed by atoms with van der Waals surface area (Å²) in [7, 11) is 0. The van der Waals surface area contributed by atoms with E-state index >= 15 is 0 Å². The molecule has 2 aromatic rings. The third-order valence-corrected chi connectivity index (χ3v) is 4.95. The molecule has 0 amide bonds. The number of halogens is 3. The number of likely N-dealkylation sites (tertiary alicyclic amines) is 1. The number of alkyl halides is 3. The molecule has 126 valence electrons. The molecule has 0 aliphatic carbocycles. The first-order chi connectivity index (χ1) is 11.5. The van der Waals surface area contributed by atoms with Crippen LogP contribution in [0.25, 0.3) is 0 Å². The Labute approximate surface area is 138 Å². The minimum Gasteiger partial charge on any atom is -0.371 e. The highest BCUT2D eigenvalue weighted by atomic mass is 19.4. The number of fused-ring (bicyclic) bond motifs is 3. The van der Waals surface area contributed by atoms with Crippen LogP contribution in [-0.2, 0) is 24.1 Å². The lowest BCUT2D eigenvalue weighted by Crippen LogP contribution is -2.28. The second-order valence-electron chi connectivity index (χ2n) is 6.51. The minimum atomic E-state index is -4.33. The van der Waals surface area contributed by atoms with Gasteiger partial charge in [-0.3, -0.25) is 4.90 Å². The van der Waals surface area contributed by atoms with Crippen LogP contribution in [0.1, 0.15) is 28.2 Å². The maximum absolute atomic E-state index is 13.2. The Morgan fingerprint density at radius 1 is 1.00 bits per heavy atom. The van der Waals surface area contributed by atoms with Gasteiger partial charge in [0.15, 0.2) is 0 Å². The largest absolute Gasteiger partial charge is 0.416 e. The Morgan fingerprint density at radius 3 is 2.54 bits per heavy atom. The summed E-state index contributed by atoms with van der Waals surface area (Å²) in [5.74, 6) is 0.0137. The summed E-state index contributed by atoms with van der Waals surface area (Å²) in [4.78, 5) is 2.26. The molecule has 0 N–H and O–H groups in total. The van der Waals surface area contributed by atoms with Crippen molar-refractivity contribution in [3.8, 4) is 0 Å². The Bertz CT molecular complexity index is 729. The SMILES string of the molecule is FC(F)(F)c1cccc2c1CO[C@@H]1CN(Cc3ccccc3)C[C@H]21. The molecule has 1 fully saturated rings. The van der Waals surface area contributed by atoms with Gasteiger partial charge in [0.2, 0.25) is 0 Å². The summed E-state index contributed by atoms with van der Waals surface area (Å²) in [5, 5.41) is 0. The molecule has 0 spiro atoms. The van der Waals surface area contributed by atoms with E-state index in [0.717, 1.165) is 31.3 Å². The highest BCUT2D eigenvalue weighted by molar-refractivity contribution is 5.41. The van der Waals surface area contributed by atoms with Crippen LogP contribution < -0.4 is 0 Å². The fourth-order valence-electron chi connectivity index (χ4n) is 3.86.